The van der Waals surface area contributed by atoms with Crippen LogP contribution >= 0.6 is 0 Å². The Hall–Kier alpha value is -0.600. The lowest BCUT2D eigenvalue weighted by atomic mass is 10.0. The fourth-order valence-electron chi connectivity index (χ4n) is 2.44. The predicted molar refractivity (Wildman–Crippen MR) is 87.9 cm³/mol. The summed E-state index contributed by atoms with van der Waals surface area (Å²) in [6.45, 7) is 13.9. The summed E-state index contributed by atoms with van der Waals surface area (Å²) >= 11 is 0. The number of allylic oxidation sites excluding steroid dienone is 2. The van der Waals surface area contributed by atoms with Gasteiger partial charge in [-0.3, -0.25) is 0 Å². The van der Waals surface area contributed by atoms with Gasteiger partial charge in [0.15, 0.2) is 5.79 Å². The van der Waals surface area contributed by atoms with Gasteiger partial charge in [-0.05, 0) is 20.3 Å². The van der Waals surface area contributed by atoms with E-state index in [0.717, 1.165) is 12.8 Å². The third kappa shape index (κ3) is 8.55. The molecule has 1 heterocycles. The molecule has 2 unspecified atom stereocenters. The molecule has 0 saturated carbocycles. The zero-order valence-corrected chi connectivity index (χ0v) is 14.2. The Morgan fingerprint density at radius 1 is 1.15 bits per heavy atom. The minimum atomic E-state index is -0.468. The number of rotatable bonds is 7. The van der Waals surface area contributed by atoms with Crippen molar-refractivity contribution < 1.29 is 9.47 Å². The Bertz CT molecular complexity index is 269. The van der Waals surface area contributed by atoms with Gasteiger partial charge in [-0.25, -0.2) is 0 Å². The highest BCUT2D eigenvalue weighted by Gasteiger charge is 2.33. The molecule has 2 heteroatoms. The van der Waals surface area contributed by atoms with Crippen molar-refractivity contribution in [3.05, 3.63) is 24.8 Å². The van der Waals surface area contributed by atoms with Crippen molar-refractivity contribution in [1.82, 2.24) is 0 Å². The standard InChI is InChI=1S/C16H28O2.C2H6/c1-5-7-9-10-12-15-13-14(11-8-6-2)17-16(3,4)18-15;1-2/h6,8,11,14-15H,2,5,7,9-10,12-13H2,1,3-4H3;1-2H3/b11-8+;. The summed E-state index contributed by atoms with van der Waals surface area (Å²) in [5.41, 5.74) is 0. The van der Waals surface area contributed by atoms with E-state index in [2.05, 4.69) is 19.6 Å². The topological polar surface area (TPSA) is 18.5 Å². The van der Waals surface area contributed by atoms with Gasteiger partial charge in [-0.2, -0.15) is 0 Å². The molecule has 1 saturated heterocycles. The Balaban J connectivity index is 0.00000172. The molecule has 0 aromatic rings. The minimum absolute atomic E-state index is 0.155. The van der Waals surface area contributed by atoms with Gasteiger partial charge in [0.25, 0.3) is 0 Å². The molecular weight excluding hydrogens is 248 g/mol. The molecule has 2 nitrogen and oxygen atoms in total. The third-order valence-corrected chi connectivity index (χ3v) is 3.22. The monoisotopic (exact) mass is 282 g/mol. The van der Waals surface area contributed by atoms with Crippen molar-refractivity contribution in [2.75, 3.05) is 0 Å². The van der Waals surface area contributed by atoms with Gasteiger partial charge in [-0.1, -0.05) is 71.3 Å². The molecule has 1 fully saturated rings. The van der Waals surface area contributed by atoms with Gasteiger partial charge < -0.3 is 9.47 Å². The van der Waals surface area contributed by atoms with E-state index in [1.807, 2.05) is 33.8 Å². The molecule has 0 amide bonds. The Morgan fingerprint density at radius 3 is 2.45 bits per heavy atom. The molecule has 0 N–H and O–H groups in total. The Kier molecular flexibility index (Phi) is 10.8. The molecule has 0 bridgehead atoms. The molecule has 118 valence electrons. The Labute approximate surface area is 126 Å². The maximum absolute atomic E-state index is 5.98. The first kappa shape index (κ1) is 19.4. The third-order valence-electron chi connectivity index (χ3n) is 3.22. The molecule has 1 aliphatic heterocycles. The first-order valence-electron chi connectivity index (χ1n) is 8.22. The first-order valence-corrected chi connectivity index (χ1v) is 8.22. The van der Waals surface area contributed by atoms with E-state index in [1.54, 1.807) is 6.08 Å². The van der Waals surface area contributed by atoms with Gasteiger partial charge in [0.2, 0.25) is 0 Å². The van der Waals surface area contributed by atoms with Crippen LogP contribution in [0.5, 0.6) is 0 Å². The van der Waals surface area contributed by atoms with Crippen molar-refractivity contribution >= 4 is 0 Å². The SMILES string of the molecule is C=C/C=C/C1CC(CCCCCC)OC(C)(C)O1.CC. The maximum atomic E-state index is 5.98. The zero-order chi connectivity index (χ0) is 15.4. The lowest BCUT2D eigenvalue weighted by molar-refractivity contribution is -0.291. The summed E-state index contributed by atoms with van der Waals surface area (Å²) in [6.07, 6.45) is 13.6. The van der Waals surface area contributed by atoms with Crippen molar-refractivity contribution in [3.63, 3.8) is 0 Å². The lowest BCUT2D eigenvalue weighted by Gasteiger charge is -2.40. The van der Waals surface area contributed by atoms with Crippen molar-refractivity contribution in [2.24, 2.45) is 0 Å². The van der Waals surface area contributed by atoms with Crippen LogP contribution in [0.1, 0.15) is 73.1 Å². The highest BCUT2D eigenvalue weighted by molar-refractivity contribution is 5.02. The summed E-state index contributed by atoms with van der Waals surface area (Å²) in [5.74, 6) is -0.468. The molecule has 0 aromatic heterocycles. The van der Waals surface area contributed by atoms with E-state index in [9.17, 15) is 0 Å². The molecule has 1 rings (SSSR count). The largest absolute Gasteiger partial charge is 0.347 e. The molecule has 2 atom stereocenters. The van der Waals surface area contributed by atoms with Crippen LogP contribution in [-0.4, -0.2) is 18.0 Å². The fraction of sp³-hybridized carbons (Fsp3) is 0.778. The zero-order valence-electron chi connectivity index (χ0n) is 14.2. The van der Waals surface area contributed by atoms with Gasteiger partial charge in [0.1, 0.15) is 0 Å². The molecule has 0 radical (unpaired) electrons. The van der Waals surface area contributed by atoms with E-state index in [0.29, 0.717) is 6.10 Å². The highest BCUT2D eigenvalue weighted by atomic mass is 16.7. The van der Waals surface area contributed by atoms with E-state index in [4.69, 9.17) is 9.47 Å². The van der Waals surface area contributed by atoms with Crippen LogP contribution in [0.3, 0.4) is 0 Å². The fourth-order valence-corrected chi connectivity index (χ4v) is 2.44. The Morgan fingerprint density at radius 2 is 1.85 bits per heavy atom. The van der Waals surface area contributed by atoms with E-state index in [-0.39, 0.29) is 6.10 Å². The molecule has 0 spiro atoms. The maximum Gasteiger partial charge on any atom is 0.163 e. The summed E-state index contributed by atoms with van der Waals surface area (Å²) in [6, 6.07) is 0. The van der Waals surface area contributed by atoms with Crippen LogP contribution in [0.15, 0.2) is 24.8 Å². The van der Waals surface area contributed by atoms with Crippen LogP contribution in [0.2, 0.25) is 0 Å². The predicted octanol–water partition coefficient (Wildman–Crippen LogP) is 5.64. The number of ether oxygens (including phenoxy) is 2. The lowest BCUT2D eigenvalue weighted by Crippen LogP contribution is -2.43. The van der Waals surface area contributed by atoms with Gasteiger partial charge in [-0.15, -0.1) is 0 Å². The summed E-state index contributed by atoms with van der Waals surface area (Å²) in [7, 11) is 0. The van der Waals surface area contributed by atoms with Crippen LogP contribution in [0.25, 0.3) is 0 Å². The quantitative estimate of drug-likeness (QED) is 0.444. The molecule has 20 heavy (non-hydrogen) atoms. The normalized spacial score (nSPS) is 25.1. The van der Waals surface area contributed by atoms with Crippen molar-refractivity contribution in [3.8, 4) is 0 Å². The number of hydrogen-bond acceptors (Lipinski definition) is 2. The van der Waals surface area contributed by atoms with Crippen LogP contribution in [0, 0.1) is 0 Å². The van der Waals surface area contributed by atoms with Crippen molar-refractivity contribution in [2.45, 2.75) is 91.1 Å². The molecule has 1 aliphatic rings. The van der Waals surface area contributed by atoms with Gasteiger partial charge >= 0.3 is 0 Å². The highest BCUT2D eigenvalue weighted by Crippen LogP contribution is 2.29. The van der Waals surface area contributed by atoms with Gasteiger partial charge in [0.05, 0.1) is 12.2 Å². The van der Waals surface area contributed by atoms with E-state index < -0.39 is 5.79 Å². The number of hydrogen-bond donors (Lipinski definition) is 0. The minimum Gasteiger partial charge on any atom is -0.347 e. The summed E-state index contributed by atoms with van der Waals surface area (Å²) < 4.78 is 11.9. The smallest absolute Gasteiger partial charge is 0.163 e. The second-order valence-electron chi connectivity index (χ2n) is 5.50. The first-order chi connectivity index (χ1) is 9.57. The van der Waals surface area contributed by atoms with Crippen molar-refractivity contribution in [1.29, 1.82) is 0 Å². The molecular formula is C18H34O2. The van der Waals surface area contributed by atoms with Crippen LogP contribution in [0.4, 0.5) is 0 Å². The summed E-state index contributed by atoms with van der Waals surface area (Å²) in [5, 5.41) is 0. The van der Waals surface area contributed by atoms with Gasteiger partial charge in [0, 0.05) is 6.42 Å². The molecule has 0 aliphatic carbocycles. The summed E-state index contributed by atoms with van der Waals surface area (Å²) in [4.78, 5) is 0. The second kappa shape index (κ2) is 11.1. The second-order valence-corrected chi connectivity index (χ2v) is 5.50. The molecule has 0 aromatic carbocycles. The number of unbranched alkanes of at least 4 members (excludes halogenated alkanes) is 3. The van der Waals surface area contributed by atoms with Crippen LogP contribution < -0.4 is 0 Å². The van der Waals surface area contributed by atoms with E-state index in [1.165, 1.54) is 25.7 Å². The van der Waals surface area contributed by atoms with E-state index >= 15 is 0 Å². The van der Waals surface area contributed by atoms with Crippen LogP contribution in [-0.2, 0) is 9.47 Å². The average Bonchev–Trinajstić information content (AvgIpc) is 2.42. The average molecular weight is 282 g/mol.